The maximum absolute atomic E-state index is 14.0. The highest BCUT2D eigenvalue weighted by Gasteiger charge is 2.24. The summed E-state index contributed by atoms with van der Waals surface area (Å²) in [5.41, 5.74) is 1.74. The molecule has 1 N–H and O–H groups in total. The zero-order valence-corrected chi connectivity index (χ0v) is 20.6. The number of carbonyl (C=O) groups excluding carboxylic acids is 1. The van der Waals surface area contributed by atoms with Crippen LogP contribution < -0.4 is 19.5 Å². The number of thioether (sulfide) groups is 1. The van der Waals surface area contributed by atoms with Gasteiger partial charge in [0, 0.05) is 5.56 Å². The molecule has 0 unspecified atom stereocenters. The number of methoxy groups -OCH3 is 1. The molecule has 0 saturated carbocycles. The zero-order chi connectivity index (χ0) is 24.8. The van der Waals surface area contributed by atoms with Gasteiger partial charge >= 0.3 is 0 Å². The van der Waals surface area contributed by atoms with Crippen molar-refractivity contribution in [2.45, 2.75) is 13.5 Å². The van der Waals surface area contributed by atoms with Crippen LogP contribution in [0, 0.1) is 5.82 Å². The largest absolute Gasteiger partial charge is 0.497 e. The van der Waals surface area contributed by atoms with Crippen molar-refractivity contribution in [1.82, 2.24) is 5.32 Å². The highest BCUT2D eigenvalue weighted by molar-refractivity contribution is 8.18. The summed E-state index contributed by atoms with van der Waals surface area (Å²) in [4.78, 5) is 17.4. The van der Waals surface area contributed by atoms with E-state index in [1.807, 2.05) is 6.92 Å². The van der Waals surface area contributed by atoms with Gasteiger partial charge in [-0.3, -0.25) is 4.79 Å². The van der Waals surface area contributed by atoms with Crippen molar-refractivity contribution in [3.05, 3.63) is 87.5 Å². The molecule has 3 aromatic carbocycles. The number of rotatable bonds is 8. The van der Waals surface area contributed by atoms with Gasteiger partial charge in [0.05, 0.1) is 29.3 Å². The van der Waals surface area contributed by atoms with Crippen LogP contribution in [0.2, 0.25) is 5.02 Å². The van der Waals surface area contributed by atoms with Gasteiger partial charge in [-0.1, -0.05) is 29.8 Å². The molecule has 1 aliphatic heterocycles. The van der Waals surface area contributed by atoms with E-state index in [0.29, 0.717) is 45.0 Å². The number of amides is 1. The Kier molecular flexibility index (Phi) is 7.94. The molecule has 1 aliphatic rings. The van der Waals surface area contributed by atoms with E-state index < -0.39 is 0 Å². The lowest BCUT2D eigenvalue weighted by atomic mass is 10.1. The molecular formula is C26H22ClFN2O4S. The fourth-order valence-corrected chi connectivity index (χ4v) is 4.36. The molecule has 9 heteroatoms. The molecule has 1 amide bonds. The van der Waals surface area contributed by atoms with E-state index in [1.165, 1.54) is 17.8 Å². The van der Waals surface area contributed by atoms with Gasteiger partial charge < -0.3 is 19.5 Å². The van der Waals surface area contributed by atoms with Crippen molar-refractivity contribution in [3.63, 3.8) is 0 Å². The maximum atomic E-state index is 14.0. The Bertz CT molecular complexity index is 1300. The first-order chi connectivity index (χ1) is 17.0. The molecule has 35 heavy (non-hydrogen) atoms. The molecule has 180 valence electrons. The molecule has 1 heterocycles. The van der Waals surface area contributed by atoms with Gasteiger partial charge in [0.2, 0.25) is 0 Å². The summed E-state index contributed by atoms with van der Waals surface area (Å²) in [6.45, 7) is 2.21. The molecule has 0 radical (unpaired) electrons. The van der Waals surface area contributed by atoms with Crippen LogP contribution >= 0.6 is 23.4 Å². The number of amidine groups is 1. The summed E-state index contributed by atoms with van der Waals surface area (Å²) in [6.07, 6.45) is 1.70. The number of carbonyl (C=O) groups is 1. The maximum Gasteiger partial charge on any atom is 0.264 e. The van der Waals surface area contributed by atoms with Crippen molar-refractivity contribution in [1.29, 1.82) is 0 Å². The summed E-state index contributed by atoms with van der Waals surface area (Å²) < 4.78 is 30.6. The Morgan fingerprint density at radius 2 is 1.89 bits per heavy atom. The first kappa shape index (κ1) is 24.6. The topological polar surface area (TPSA) is 69.2 Å². The number of hydrogen-bond donors (Lipinski definition) is 1. The number of nitrogens with one attached hydrogen (secondary N) is 1. The van der Waals surface area contributed by atoms with Crippen molar-refractivity contribution < 1.29 is 23.4 Å². The Hall–Kier alpha value is -3.49. The van der Waals surface area contributed by atoms with E-state index >= 15 is 0 Å². The van der Waals surface area contributed by atoms with E-state index in [-0.39, 0.29) is 23.4 Å². The zero-order valence-electron chi connectivity index (χ0n) is 19.0. The van der Waals surface area contributed by atoms with Gasteiger partial charge in [-0.2, -0.15) is 0 Å². The molecule has 0 aliphatic carbocycles. The fourth-order valence-electron chi connectivity index (χ4n) is 3.25. The Labute approximate surface area is 211 Å². The summed E-state index contributed by atoms with van der Waals surface area (Å²) in [6, 6.07) is 16.9. The van der Waals surface area contributed by atoms with Gasteiger partial charge in [-0.05, 0) is 72.8 Å². The highest BCUT2D eigenvalue weighted by Crippen LogP contribution is 2.39. The minimum absolute atomic E-state index is 0.00363. The van der Waals surface area contributed by atoms with Crippen LogP contribution in [0.4, 0.5) is 10.1 Å². The van der Waals surface area contributed by atoms with Crippen molar-refractivity contribution in [2.75, 3.05) is 13.7 Å². The van der Waals surface area contributed by atoms with E-state index in [1.54, 1.807) is 67.8 Å². The average molecular weight is 513 g/mol. The van der Waals surface area contributed by atoms with E-state index in [9.17, 15) is 9.18 Å². The first-order valence-electron chi connectivity index (χ1n) is 10.7. The summed E-state index contributed by atoms with van der Waals surface area (Å²) in [7, 11) is 1.59. The lowest BCUT2D eigenvalue weighted by Gasteiger charge is -2.15. The minimum atomic E-state index is -0.362. The molecule has 0 bridgehead atoms. The van der Waals surface area contributed by atoms with E-state index in [2.05, 4.69) is 10.3 Å². The normalized spacial score (nSPS) is 15.4. The number of hydrogen-bond acceptors (Lipinski definition) is 6. The molecular weight excluding hydrogens is 491 g/mol. The lowest BCUT2D eigenvalue weighted by Crippen LogP contribution is -2.19. The van der Waals surface area contributed by atoms with Gasteiger partial charge in [0.1, 0.15) is 18.2 Å². The second kappa shape index (κ2) is 11.3. The first-order valence-corrected chi connectivity index (χ1v) is 11.9. The van der Waals surface area contributed by atoms with E-state index in [4.69, 9.17) is 25.8 Å². The van der Waals surface area contributed by atoms with Gasteiger partial charge in [0.15, 0.2) is 16.7 Å². The molecule has 0 aromatic heterocycles. The fraction of sp³-hybridized carbons (Fsp3) is 0.154. The van der Waals surface area contributed by atoms with Crippen LogP contribution in [0.5, 0.6) is 17.2 Å². The molecule has 0 spiro atoms. The Balaban J connectivity index is 1.55. The van der Waals surface area contributed by atoms with Crippen molar-refractivity contribution in [3.8, 4) is 17.2 Å². The molecule has 0 atom stereocenters. The number of ether oxygens (including phenoxy) is 3. The predicted octanol–water partition coefficient (Wildman–Crippen LogP) is 6.36. The molecule has 4 rings (SSSR count). The third-order valence-corrected chi connectivity index (χ3v) is 6.10. The number of aliphatic imine (C=N–C) groups is 1. The number of halogens is 2. The van der Waals surface area contributed by atoms with Crippen LogP contribution in [0.3, 0.4) is 0 Å². The molecule has 6 nitrogen and oxygen atoms in total. The summed E-state index contributed by atoms with van der Waals surface area (Å²) >= 11 is 7.71. The monoisotopic (exact) mass is 512 g/mol. The van der Waals surface area contributed by atoms with E-state index in [0.717, 1.165) is 5.75 Å². The van der Waals surface area contributed by atoms with Gasteiger partial charge in [-0.25, -0.2) is 9.38 Å². The summed E-state index contributed by atoms with van der Waals surface area (Å²) in [5.74, 6) is 0.805. The Morgan fingerprint density at radius 3 is 2.60 bits per heavy atom. The molecule has 3 aromatic rings. The summed E-state index contributed by atoms with van der Waals surface area (Å²) in [5, 5.41) is 3.51. The standard InChI is InChI=1S/C26H22ClFN2O4S/c1-3-33-22-13-16(12-20(27)24(22)34-15-17-6-4-5-7-21(17)28)14-23-25(31)30-26(35-23)29-18-8-10-19(32-2)11-9-18/h4-14H,3,15H2,1-2H3,(H,29,30,31). The SMILES string of the molecule is CCOc1cc(C=C2SC(=Nc3ccc(OC)cc3)NC2=O)cc(Cl)c1OCc1ccccc1F. The van der Waals surface area contributed by atoms with Crippen LogP contribution in [0.25, 0.3) is 6.08 Å². The van der Waals surface area contributed by atoms with Gasteiger partial charge in [0.25, 0.3) is 5.91 Å². The molecule has 1 fully saturated rings. The van der Waals surface area contributed by atoms with Crippen LogP contribution in [-0.2, 0) is 11.4 Å². The Morgan fingerprint density at radius 1 is 1.11 bits per heavy atom. The highest BCUT2D eigenvalue weighted by atomic mass is 35.5. The quantitative estimate of drug-likeness (QED) is 0.356. The third-order valence-electron chi connectivity index (χ3n) is 4.91. The van der Waals surface area contributed by atoms with Crippen molar-refractivity contribution >= 4 is 46.2 Å². The average Bonchev–Trinajstić information content (AvgIpc) is 3.18. The smallest absolute Gasteiger partial charge is 0.264 e. The van der Waals surface area contributed by atoms with Gasteiger partial charge in [-0.15, -0.1) is 0 Å². The lowest BCUT2D eigenvalue weighted by molar-refractivity contribution is -0.115. The second-order valence-electron chi connectivity index (χ2n) is 7.32. The number of nitrogens with zero attached hydrogens (tertiary/aromatic N) is 1. The predicted molar refractivity (Wildman–Crippen MR) is 137 cm³/mol. The van der Waals surface area contributed by atoms with Crippen LogP contribution in [0.1, 0.15) is 18.1 Å². The number of benzene rings is 3. The second-order valence-corrected chi connectivity index (χ2v) is 8.76. The van der Waals surface area contributed by atoms with Crippen LogP contribution in [-0.4, -0.2) is 24.8 Å². The van der Waals surface area contributed by atoms with Crippen LogP contribution in [0.15, 0.2) is 70.6 Å². The third kappa shape index (κ3) is 6.15. The minimum Gasteiger partial charge on any atom is -0.497 e. The molecule has 1 saturated heterocycles. The van der Waals surface area contributed by atoms with Crippen molar-refractivity contribution in [2.24, 2.45) is 4.99 Å².